The van der Waals surface area contributed by atoms with Gasteiger partial charge in [-0.1, -0.05) is 30.1 Å². The molecule has 0 aromatic heterocycles. The van der Waals surface area contributed by atoms with Gasteiger partial charge in [0.15, 0.2) is 0 Å². The van der Waals surface area contributed by atoms with Gasteiger partial charge < -0.3 is 5.32 Å². The highest BCUT2D eigenvalue weighted by Crippen LogP contribution is 2.34. The Hall–Kier alpha value is -0.330. The molecule has 2 aliphatic carbocycles. The van der Waals surface area contributed by atoms with E-state index in [1.165, 1.54) is 6.07 Å². The molecule has 0 saturated heterocycles. The number of sulfonamides is 1. The highest BCUT2D eigenvalue weighted by Gasteiger charge is 2.37. The number of benzene rings is 1. The fourth-order valence-electron chi connectivity index (χ4n) is 2.23. The monoisotopic (exact) mass is 348 g/mol. The van der Waals surface area contributed by atoms with Crippen LogP contribution in [0.4, 0.5) is 0 Å². The Morgan fingerprint density at radius 2 is 1.95 bits per heavy atom. The summed E-state index contributed by atoms with van der Waals surface area (Å²) >= 11 is 12.4. The van der Waals surface area contributed by atoms with Crippen molar-refractivity contribution in [2.24, 2.45) is 5.92 Å². The molecule has 2 unspecified atom stereocenters. The second kappa shape index (κ2) is 5.70. The fraction of sp³-hybridized carbons (Fsp3) is 0.571. The van der Waals surface area contributed by atoms with Crippen LogP contribution in [0.3, 0.4) is 0 Å². The van der Waals surface area contributed by atoms with Crippen LogP contribution in [0.1, 0.15) is 31.7 Å². The summed E-state index contributed by atoms with van der Waals surface area (Å²) < 4.78 is 27.5. The zero-order valence-corrected chi connectivity index (χ0v) is 14.0. The minimum Gasteiger partial charge on any atom is -0.310 e. The minimum atomic E-state index is -3.62. The minimum absolute atomic E-state index is 0.0121. The maximum atomic E-state index is 12.4. The Morgan fingerprint density at radius 1 is 1.29 bits per heavy atom. The third kappa shape index (κ3) is 3.71. The number of halogens is 2. The second-order valence-electron chi connectivity index (χ2n) is 5.97. The molecular weight excluding hydrogens is 331 g/mol. The highest BCUT2D eigenvalue weighted by molar-refractivity contribution is 7.89. The van der Waals surface area contributed by atoms with Crippen molar-refractivity contribution in [2.45, 2.75) is 49.7 Å². The van der Waals surface area contributed by atoms with Crippen LogP contribution in [0.25, 0.3) is 0 Å². The summed E-state index contributed by atoms with van der Waals surface area (Å²) in [7, 11) is -3.62. The van der Waals surface area contributed by atoms with Gasteiger partial charge in [0.2, 0.25) is 10.0 Å². The van der Waals surface area contributed by atoms with Crippen LogP contribution in [-0.2, 0) is 16.6 Å². The van der Waals surface area contributed by atoms with Crippen molar-refractivity contribution in [1.82, 2.24) is 10.0 Å². The smallest absolute Gasteiger partial charge is 0.242 e. The Balaban J connectivity index is 1.85. The standard InChI is InChI=1S/C14H18Cl2N2O2S/c1-8-4-12(8)18-21(19,20)13-6-10(15)5-9(14(13)16)7-17-11-2-3-11/h5-6,8,11-12,17-18H,2-4,7H2,1H3. The van der Waals surface area contributed by atoms with E-state index in [1.54, 1.807) is 6.07 Å². The molecule has 2 atom stereocenters. The summed E-state index contributed by atoms with van der Waals surface area (Å²) in [6, 6.07) is 3.67. The Morgan fingerprint density at radius 3 is 2.52 bits per heavy atom. The van der Waals surface area contributed by atoms with E-state index in [0.717, 1.165) is 24.8 Å². The zero-order chi connectivity index (χ0) is 15.2. The molecule has 4 nitrogen and oxygen atoms in total. The summed E-state index contributed by atoms with van der Waals surface area (Å²) in [5, 5.41) is 3.96. The molecule has 3 rings (SSSR count). The lowest BCUT2D eigenvalue weighted by atomic mass is 10.2. The first-order valence-electron chi connectivity index (χ1n) is 7.10. The summed E-state index contributed by atoms with van der Waals surface area (Å²) in [5.41, 5.74) is 0.722. The van der Waals surface area contributed by atoms with Crippen LogP contribution in [0.15, 0.2) is 17.0 Å². The molecule has 2 N–H and O–H groups in total. The summed E-state index contributed by atoms with van der Waals surface area (Å²) in [6.45, 7) is 2.55. The summed E-state index contributed by atoms with van der Waals surface area (Å²) in [6.07, 6.45) is 3.18. The molecule has 0 radical (unpaired) electrons. The lowest BCUT2D eigenvalue weighted by Gasteiger charge is -2.13. The average Bonchev–Trinajstić information content (AvgIpc) is 3.30. The SMILES string of the molecule is CC1CC1NS(=O)(=O)c1cc(Cl)cc(CNC2CC2)c1Cl. The maximum absolute atomic E-state index is 12.4. The third-order valence-electron chi connectivity index (χ3n) is 3.94. The fourth-order valence-corrected chi connectivity index (χ4v) is 4.52. The van der Waals surface area contributed by atoms with E-state index in [9.17, 15) is 8.42 Å². The van der Waals surface area contributed by atoms with Crippen molar-refractivity contribution < 1.29 is 8.42 Å². The molecule has 0 aliphatic heterocycles. The van der Waals surface area contributed by atoms with Gasteiger partial charge in [-0.2, -0.15) is 0 Å². The Kier molecular flexibility index (Phi) is 4.23. The van der Waals surface area contributed by atoms with Gasteiger partial charge in [-0.15, -0.1) is 0 Å². The van der Waals surface area contributed by atoms with E-state index >= 15 is 0 Å². The summed E-state index contributed by atoms with van der Waals surface area (Å²) in [5.74, 6) is 0.383. The van der Waals surface area contributed by atoms with Gasteiger partial charge in [-0.25, -0.2) is 13.1 Å². The van der Waals surface area contributed by atoms with Gasteiger partial charge in [0.05, 0.1) is 5.02 Å². The molecule has 2 saturated carbocycles. The van der Waals surface area contributed by atoms with Crippen LogP contribution in [0.5, 0.6) is 0 Å². The van der Waals surface area contributed by atoms with E-state index in [1.807, 2.05) is 6.92 Å². The predicted octanol–water partition coefficient (Wildman–Crippen LogP) is 2.93. The predicted molar refractivity (Wildman–Crippen MR) is 84.2 cm³/mol. The van der Waals surface area contributed by atoms with Gasteiger partial charge in [0.25, 0.3) is 0 Å². The largest absolute Gasteiger partial charge is 0.310 e. The highest BCUT2D eigenvalue weighted by atomic mass is 35.5. The Bertz CT molecular complexity index is 659. The van der Waals surface area contributed by atoms with E-state index in [2.05, 4.69) is 10.0 Å². The molecule has 0 heterocycles. The van der Waals surface area contributed by atoms with Gasteiger partial charge in [-0.05, 0) is 42.9 Å². The normalized spacial score (nSPS) is 25.1. The molecule has 0 amide bonds. The third-order valence-corrected chi connectivity index (χ3v) is 6.23. The Labute approximate surface area is 135 Å². The number of hydrogen-bond donors (Lipinski definition) is 2. The topological polar surface area (TPSA) is 58.2 Å². The van der Waals surface area contributed by atoms with Crippen LogP contribution < -0.4 is 10.0 Å². The first kappa shape index (κ1) is 15.6. The van der Waals surface area contributed by atoms with Crippen LogP contribution in [-0.4, -0.2) is 20.5 Å². The zero-order valence-electron chi connectivity index (χ0n) is 11.7. The molecule has 1 aromatic carbocycles. The van der Waals surface area contributed by atoms with E-state index in [-0.39, 0.29) is 16.0 Å². The lowest BCUT2D eigenvalue weighted by molar-refractivity contribution is 0.578. The van der Waals surface area contributed by atoms with Gasteiger partial charge in [-0.3, -0.25) is 0 Å². The van der Waals surface area contributed by atoms with Crippen molar-refractivity contribution in [3.05, 3.63) is 27.7 Å². The number of hydrogen-bond acceptors (Lipinski definition) is 3. The van der Waals surface area contributed by atoms with E-state index < -0.39 is 10.0 Å². The van der Waals surface area contributed by atoms with Crippen LogP contribution >= 0.6 is 23.2 Å². The molecule has 1 aromatic rings. The van der Waals surface area contributed by atoms with E-state index in [4.69, 9.17) is 23.2 Å². The molecule has 0 bridgehead atoms. The first-order valence-corrected chi connectivity index (χ1v) is 9.34. The van der Waals surface area contributed by atoms with Gasteiger partial charge in [0, 0.05) is 23.7 Å². The molecule has 116 valence electrons. The first-order chi connectivity index (χ1) is 9.87. The van der Waals surface area contributed by atoms with Crippen LogP contribution in [0.2, 0.25) is 10.0 Å². The van der Waals surface area contributed by atoms with E-state index in [0.29, 0.717) is 23.5 Å². The maximum Gasteiger partial charge on any atom is 0.242 e. The van der Waals surface area contributed by atoms with Crippen molar-refractivity contribution in [3.8, 4) is 0 Å². The molecule has 21 heavy (non-hydrogen) atoms. The van der Waals surface area contributed by atoms with Crippen LogP contribution in [0, 0.1) is 5.92 Å². The molecule has 7 heteroatoms. The van der Waals surface area contributed by atoms with Gasteiger partial charge in [0.1, 0.15) is 4.90 Å². The number of nitrogens with one attached hydrogen (secondary N) is 2. The second-order valence-corrected chi connectivity index (χ2v) is 8.47. The van der Waals surface area contributed by atoms with Crippen molar-refractivity contribution in [3.63, 3.8) is 0 Å². The molecule has 2 fully saturated rings. The quantitative estimate of drug-likeness (QED) is 0.830. The molecular formula is C14H18Cl2N2O2S. The lowest BCUT2D eigenvalue weighted by Crippen LogP contribution is -2.27. The van der Waals surface area contributed by atoms with Gasteiger partial charge >= 0.3 is 0 Å². The van der Waals surface area contributed by atoms with Crippen molar-refractivity contribution in [1.29, 1.82) is 0 Å². The summed E-state index contributed by atoms with van der Waals surface area (Å²) in [4.78, 5) is 0.0726. The number of rotatable bonds is 6. The molecule has 2 aliphatic rings. The van der Waals surface area contributed by atoms with Crippen molar-refractivity contribution >= 4 is 33.2 Å². The van der Waals surface area contributed by atoms with Crippen molar-refractivity contribution in [2.75, 3.05) is 0 Å². The average molecular weight is 349 g/mol. The molecule has 0 spiro atoms.